The summed E-state index contributed by atoms with van der Waals surface area (Å²) in [5, 5.41) is 21.0. The van der Waals surface area contributed by atoms with Gasteiger partial charge in [-0.05, 0) is 29.8 Å². The average molecular weight is 309 g/mol. The summed E-state index contributed by atoms with van der Waals surface area (Å²) in [5.41, 5.74) is 0.631. The summed E-state index contributed by atoms with van der Waals surface area (Å²) >= 11 is 0. The summed E-state index contributed by atoms with van der Waals surface area (Å²) in [6.07, 6.45) is 2.70. The van der Waals surface area contributed by atoms with E-state index in [1.807, 2.05) is 18.2 Å². The molecular formula is C17H11NO5. The molecule has 6 nitrogen and oxygen atoms in total. The Balaban J connectivity index is 1.86. The second-order valence-corrected chi connectivity index (χ2v) is 4.85. The van der Waals surface area contributed by atoms with Crippen LogP contribution < -0.4 is 0 Å². The van der Waals surface area contributed by atoms with Crippen molar-refractivity contribution in [1.29, 1.82) is 0 Å². The quantitative estimate of drug-likeness (QED) is 0.341. The van der Waals surface area contributed by atoms with Gasteiger partial charge < -0.3 is 9.52 Å². The van der Waals surface area contributed by atoms with E-state index in [0.29, 0.717) is 11.1 Å². The number of rotatable bonds is 4. The smallest absolute Gasteiger partial charge is 0.311 e. The number of nitrogens with zero attached hydrogens (tertiary/aromatic N) is 1. The molecule has 23 heavy (non-hydrogen) atoms. The number of para-hydroxylation sites is 1. The molecule has 2 aromatic carbocycles. The van der Waals surface area contributed by atoms with E-state index < -0.39 is 16.4 Å². The molecule has 114 valence electrons. The Bertz CT molecular complexity index is 906. The first-order chi connectivity index (χ1) is 11.0. The van der Waals surface area contributed by atoms with E-state index in [1.54, 1.807) is 12.1 Å². The van der Waals surface area contributed by atoms with Crippen molar-refractivity contribution >= 4 is 28.5 Å². The summed E-state index contributed by atoms with van der Waals surface area (Å²) in [5.74, 6) is -0.580. The lowest BCUT2D eigenvalue weighted by molar-refractivity contribution is -0.385. The van der Waals surface area contributed by atoms with Crippen LogP contribution >= 0.6 is 0 Å². The number of fused-ring (bicyclic) bond motifs is 1. The maximum absolute atomic E-state index is 12.1. The molecule has 0 aliphatic carbocycles. The number of ketones is 1. The van der Waals surface area contributed by atoms with Gasteiger partial charge in [0.15, 0.2) is 11.5 Å². The Labute approximate surface area is 130 Å². The van der Waals surface area contributed by atoms with Crippen LogP contribution in [0, 0.1) is 10.1 Å². The van der Waals surface area contributed by atoms with Crippen LogP contribution in [0.1, 0.15) is 16.1 Å². The van der Waals surface area contributed by atoms with Gasteiger partial charge in [-0.2, -0.15) is 0 Å². The van der Waals surface area contributed by atoms with Gasteiger partial charge >= 0.3 is 5.69 Å². The Kier molecular flexibility index (Phi) is 3.64. The first-order valence-corrected chi connectivity index (χ1v) is 6.73. The third-order valence-corrected chi connectivity index (χ3v) is 3.29. The lowest BCUT2D eigenvalue weighted by Gasteiger charge is -1.97. The number of hydrogen-bond acceptors (Lipinski definition) is 5. The van der Waals surface area contributed by atoms with Crippen molar-refractivity contribution in [3.05, 3.63) is 76.0 Å². The number of carbonyl (C=O) groups is 1. The van der Waals surface area contributed by atoms with E-state index in [4.69, 9.17) is 4.42 Å². The summed E-state index contributed by atoms with van der Waals surface area (Å²) in [6.45, 7) is 0. The minimum Gasteiger partial charge on any atom is -0.502 e. The second-order valence-electron chi connectivity index (χ2n) is 4.85. The molecule has 0 fully saturated rings. The number of nitro groups is 1. The minimum atomic E-state index is -0.687. The summed E-state index contributed by atoms with van der Waals surface area (Å²) in [6, 6.07) is 12.8. The highest BCUT2D eigenvalue weighted by atomic mass is 16.6. The van der Waals surface area contributed by atoms with Gasteiger partial charge in [-0.25, -0.2) is 0 Å². The van der Waals surface area contributed by atoms with E-state index in [1.165, 1.54) is 30.4 Å². The Morgan fingerprint density at radius 2 is 1.96 bits per heavy atom. The first-order valence-electron chi connectivity index (χ1n) is 6.73. The van der Waals surface area contributed by atoms with Crippen LogP contribution in [0.15, 0.2) is 59.0 Å². The average Bonchev–Trinajstić information content (AvgIpc) is 2.97. The molecule has 0 saturated heterocycles. The zero-order chi connectivity index (χ0) is 16.4. The standard InChI is InChI=1S/C17H11NO5/c19-14-7-5-11(9-13(14)18(21)22)6-8-15(20)17-10-12-3-1-2-4-16(12)23-17/h1-10,19H/b8-6+. The van der Waals surface area contributed by atoms with Crippen molar-refractivity contribution in [1.82, 2.24) is 0 Å². The number of furan rings is 1. The van der Waals surface area contributed by atoms with Gasteiger partial charge in [0.1, 0.15) is 5.58 Å². The van der Waals surface area contributed by atoms with Crippen LogP contribution in [0.2, 0.25) is 0 Å². The molecule has 0 radical (unpaired) electrons. The van der Waals surface area contributed by atoms with Crippen LogP contribution in [0.4, 0.5) is 5.69 Å². The molecule has 0 spiro atoms. The van der Waals surface area contributed by atoms with Crippen LogP contribution in [0.3, 0.4) is 0 Å². The SMILES string of the molecule is O=C(/C=C/c1ccc(O)c([N+](=O)[O-])c1)c1cc2ccccc2o1. The van der Waals surface area contributed by atoms with Crippen molar-refractivity contribution < 1.29 is 19.2 Å². The zero-order valence-electron chi connectivity index (χ0n) is 11.8. The number of phenolic OH excluding ortho intramolecular Hbond substituents is 1. The van der Waals surface area contributed by atoms with Crippen molar-refractivity contribution in [2.45, 2.75) is 0 Å². The van der Waals surface area contributed by atoms with Gasteiger partial charge in [0.25, 0.3) is 0 Å². The lowest BCUT2D eigenvalue weighted by atomic mass is 10.1. The molecule has 0 atom stereocenters. The van der Waals surface area contributed by atoms with Crippen LogP contribution in [-0.2, 0) is 0 Å². The molecular weight excluding hydrogens is 298 g/mol. The number of benzene rings is 2. The van der Waals surface area contributed by atoms with Gasteiger partial charge in [0, 0.05) is 11.5 Å². The zero-order valence-corrected chi connectivity index (χ0v) is 11.8. The van der Waals surface area contributed by atoms with Gasteiger partial charge in [-0.3, -0.25) is 14.9 Å². The molecule has 3 aromatic rings. The highest BCUT2D eigenvalue weighted by Gasteiger charge is 2.13. The summed E-state index contributed by atoms with van der Waals surface area (Å²) < 4.78 is 5.45. The molecule has 3 rings (SSSR count). The third kappa shape index (κ3) is 2.96. The van der Waals surface area contributed by atoms with Crippen molar-refractivity contribution in [2.75, 3.05) is 0 Å². The topological polar surface area (TPSA) is 93.6 Å². The molecule has 1 N–H and O–H groups in total. The third-order valence-electron chi connectivity index (χ3n) is 3.29. The van der Waals surface area contributed by atoms with E-state index in [2.05, 4.69) is 0 Å². The number of aromatic hydroxyl groups is 1. The van der Waals surface area contributed by atoms with E-state index in [-0.39, 0.29) is 11.5 Å². The van der Waals surface area contributed by atoms with Crippen LogP contribution in [-0.4, -0.2) is 15.8 Å². The maximum Gasteiger partial charge on any atom is 0.311 e. The normalized spacial score (nSPS) is 11.1. The maximum atomic E-state index is 12.1. The predicted molar refractivity (Wildman–Crippen MR) is 84.3 cm³/mol. The van der Waals surface area contributed by atoms with Gasteiger partial charge in [0.2, 0.25) is 5.78 Å². The second kappa shape index (κ2) is 5.76. The molecule has 1 aromatic heterocycles. The summed E-state index contributed by atoms with van der Waals surface area (Å²) in [4.78, 5) is 22.2. The number of allylic oxidation sites excluding steroid dienone is 1. The molecule has 0 bridgehead atoms. The fraction of sp³-hybridized carbons (Fsp3) is 0. The Morgan fingerprint density at radius 1 is 1.17 bits per heavy atom. The van der Waals surface area contributed by atoms with E-state index >= 15 is 0 Å². The molecule has 1 heterocycles. The summed E-state index contributed by atoms with van der Waals surface area (Å²) in [7, 11) is 0. The number of carbonyl (C=O) groups excluding carboxylic acids is 1. The molecule has 6 heteroatoms. The number of nitro benzene ring substituents is 1. The largest absolute Gasteiger partial charge is 0.502 e. The first kappa shape index (κ1) is 14.5. The molecule has 0 aliphatic rings. The van der Waals surface area contributed by atoms with Gasteiger partial charge in [-0.1, -0.05) is 30.3 Å². The number of phenols is 1. The van der Waals surface area contributed by atoms with Crippen LogP contribution in [0.25, 0.3) is 17.0 Å². The van der Waals surface area contributed by atoms with Crippen LogP contribution in [0.5, 0.6) is 5.75 Å². The van der Waals surface area contributed by atoms with Crippen molar-refractivity contribution in [3.63, 3.8) is 0 Å². The molecule has 0 unspecified atom stereocenters. The predicted octanol–water partition coefficient (Wildman–Crippen LogP) is 3.94. The number of hydrogen-bond donors (Lipinski definition) is 1. The lowest BCUT2D eigenvalue weighted by Crippen LogP contribution is -1.91. The van der Waals surface area contributed by atoms with E-state index in [9.17, 15) is 20.0 Å². The minimum absolute atomic E-state index is 0.190. The molecule has 0 aliphatic heterocycles. The fourth-order valence-electron chi connectivity index (χ4n) is 2.15. The van der Waals surface area contributed by atoms with Gasteiger partial charge in [0.05, 0.1) is 4.92 Å². The molecule has 0 amide bonds. The highest BCUT2D eigenvalue weighted by Crippen LogP contribution is 2.27. The fourth-order valence-corrected chi connectivity index (χ4v) is 2.15. The van der Waals surface area contributed by atoms with Crippen molar-refractivity contribution in [3.8, 4) is 5.75 Å². The van der Waals surface area contributed by atoms with Crippen molar-refractivity contribution in [2.24, 2.45) is 0 Å². The Hall–Kier alpha value is -3.41. The van der Waals surface area contributed by atoms with E-state index in [0.717, 1.165) is 5.39 Å². The van der Waals surface area contributed by atoms with Gasteiger partial charge in [-0.15, -0.1) is 0 Å². The molecule has 0 saturated carbocycles. The monoisotopic (exact) mass is 309 g/mol. The highest BCUT2D eigenvalue weighted by molar-refractivity contribution is 6.07. The Morgan fingerprint density at radius 3 is 2.70 bits per heavy atom.